The van der Waals surface area contributed by atoms with Crippen molar-refractivity contribution in [3.05, 3.63) is 41.5 Å². The molecule has 0 aromatic heterocycles. The Morgan fingerprint density at radius 2 is 2.00 bits per heavy atom. The first-order chi connectivity index (χ1) is 8.26. The lowest BCUT2D eigenvalue weighted by molar-refractivity contribution is -0.142. The summed E-state index contributed by atoms with van der Waals surface area (Å²) >= 11 is 0. The second-order valence-electron chi connectivity index (χ2n) is 3.67. The maximum atomic E-state index is 11.2. The lowest BCUT2D eigenvalue weighted by Gasteiger charge is -2.03. The van der Waals surface area contributed by atoms with Crippen LogP contribution in [0.1, 0.15) is 25.3 Å². The van der Waals surface area contributed by atoms with Crippen molar-refractivity contribution in [2.24, 2.45) is 0 Å². The standard InChI is InChI=1S/C14H16O3/c1-2-17-14(16)10-13(11-15)9-8-12-6-4-3-5-7-12/h3-7H,2,8-10H2,1H3. The van der Waals surface area contributed by atoms with Gasteiger partial charge in [-0.2, -0.15) is 0 Å². The van der Waals surface area contributed by atoms with Gasteiger partial charge < -0.3 is 4.74 Å². The molecular formula is C14H16O3. The molecule has 0 bridgehead atoms. The van der Waals surface area contributed by atoms with Gasteiger partial charge in [-0.15, -0.1) is 0 Å². The third kappa shape index (κ3) is 5.14. The molecule has 1 rings (SSSR count). The normalized spacial score (nSPS) is 9.47. The molecule has 0 aliphatic carbocycles. The van der Waals surface area contributed by atoms with E-state index in [1.54, 1.807) is 6.92 Å². The smallest absolute Gasteiger partial charge is 0.310 e. The Hall–Kier alpha value is -1.86. The van der Waals surface area contributed by atoms with Gasteiger partial charge in [-0.25, -0.2) is 4.79 Å². The van der Waals surface area contributed by atoms with Crippen molar-refractivity contribution >= 4 is 11.9 Å². The predicted octanol–water partition coefficient (Wildman–Crippen LogP) is 2.33. The average molecular weight is 232 g/mol. The Labute approximate surface area is 101 Å². The van der Waals surface area contributed by atoms with E-state index in [9.17, 15) is 9.59 Å². The second kappa shape index (κ2) is 7.42. The minimum Gasteiger partial charge on any atom is -0.466 e. The fraction of sp³-hybridized carbons (Fsp3) is 0.357. The Kier molecular flexibility index (Phi) is 5.76. The molecule has 3 nitrogen and oxygen atoms in total. The molecule has 1 aromatic carbocycles. The van der Waals surface area contributed by atoms with Gasteiger partial charge in [-0.05, 0) is 25.3 Å². The van der Waals surface area contributed by atoms with Gasteiger partial charge >= 0.3 is 5.97 Å². The van der Waals surface area contributed by atoms with Crippen molar-refractivity contribution in [3.8, 4) is 0 Å². The largest absolute Gasteiger partial charge is 0.466 e. The van der Waals surface area contributed by atoms with Gasteiger partial charge in [0.15, 0.2) is 0 Å². The molecule has 0 aliphatic rings. The Bertz CT molecular complexity index is 403. The van der Waals surface area contributed by atoms with Crippen LogP contribution < -0.4 is 0 Å². The molecule has 90 valence electrons. The number of esters is 1. The van der Waals surface area contributed by atoms with Crippen LogP contribution in [0, 0.1) is 0 Å². The van der Waals surface area contributed by atoms with Gasteiger partial charge in [0.05, 0.1) is 13.0 Å². The van der Waals surface area contributed by atoms with Crippen LogP contribution in [0.3, 0.4) is 0 Å². The molecule has 1 aromatic rings. The minimum absolute atomic E-state index is 0.0458. The fourth-order valence-corrected chi connectivity index (χ4v) is 1.50. The van der Waals surface area contributed by atoms with Crippen LogP contribution in [0.2, 0.25) is 0 Å². The third-order valence-corrected chi connectivity index (χ3v) is 2.37. The summed E-state index contributed by atoms with van der Waals surface area (Å²) in [5.41, 5.74) is 1.61. The van der Waals surface area contributed by atoms with E-state index in [1.165, 1.54) is 0 Å². The molecule has 0 unspecified atom stereocenters. The lowest BCUT2D eigenvalue weighted by atomic mass is 10.0. The van der Waals surface area contributed by atoms with E-state index in [1.807, 2.05) is 36.3 Å². The fourth-order valence-electron chi connectivity index (χ4n) is 1.50. The van der Waals surface area contributed by atoms with Crippen LogP contribution in [0.4, 0.5) is 0 Å². The molecule has 0 heterocycles. The van der Waals surface area contributed by atoms with Gasteiger partial charge in [0.1, 0.15) is 5.94 Å². The lowest BCUT2D eigenvalue weighted by Crippen LogP contribution is -2.06. The molecule has 0 fully saturated rings. The summed E-state index contributed by atoms with van der Waals surface area (Å²) in [4.78, 5) is 21.9. The molecule has 0 aliphatic heterocycles. The first kappa shape index (κ1) is 13.2. The summed E-state index contributed by atoms with van der Waals surface area (Å²) in [5, 5.41) is 0. The first-order valence-corrected chi connectivity index (χ1v) is 5.68. The molecule has 0 N–H and O–H groups in total. The number of hydrogen-bond donors (Lipinski definition) is 0. The highest BCUT2D eigenvalue weighted by molar-refractivity contribution is 5.75. The van der Waals surface area contributed by atoms with Crippen molar-refractivity contribution in [3.63, 3.8) is 0 Å². The highest BCUT2D eigenvalue weighted by Gasteiger charge is 2.08. The van der Waals surface area contributed by atoms with Crippen molar-refractivity contribution < 1.29 is 14.3 Å². The summed E-state index contributed by atoms with van der Waals surface area (Å²) in [6, 6.07) is 9.83. The zero-order valence-electron chi connectivity index (χ0n) is 9.94. The number of carbonyl (C=O) groups is 1. The summed E-state index contributed by atoms with van der Waals surface area (Å²) in [6.07, 6.45) is 1.33. The molecule has 3 heteroatoms. The maximum Gasteiger partial charge on any atom is 0.310 e. The molecule has 0 spiro atoms. The molecule has 17 heavy (non-hydrogen) atoms. The minimum atomic E-state index is -0.362. The van der Waals surface area contributed by atoms with Crippen molar-refractivity contribution in [2.45, 2.75) is 26.2 Å². The number of benzene rings is 1. The van der Waals surface area contributed by atoms with Crippen LogP contribution in [-0.2, 0) is 20.7 Å². The number of rotatable bonds is 6. The van der Waals surface area contributed by atoms with Crippen LogP contribution in [0.25, 0.3) is 0 Å². The number of ether oxygens (including phenoxy) is 1. The maximum absolute atomic E-state index is 11.2. The summed E-state index contributed by atoms with van der Waals surface area (Å²) in [6.45, 7) is 2.08. The van der Waals surface area contributed by atoms with E-state index in [4.69, 9.17) is 4.74 Å². The number of aryl methyl sites for hydroxylation is 1. The average Bonchev–Trinajstić information content (AvgIpc) is 2.36. The molecule has 0 radical (unpaired) electrons. The van der Waals surface area contributed by atoms with Gasteiger partial charge in [0, 0.05) is 5.57 Å². The van der Waals surface area contributed by atoms with Crippen LogP contribution in [0.5, 0.6) is 0 Å². The van der Waals surface area contributed by atoms with Crippen molar-refractivity contribution in [1.29, 1.82) is 0 Å². The Morgan fingerprint density at radius 3 is 2.59 bits per heavy atom. The van der Waals surface area contributed by atoms with E-state index in [-0.39, 0.29) is 12.4 Å². The Balaban J connectivity index is 2.44. The van der Waals surface area contributed by atoms with E-state index < -0.39 is 0 Å². The highest BCUT2D eigenvalue weighted by Crippen LogP contribution is 2.10. The number of hydrogen-bond acceptors (Lipinski definition) is 3. The SMILES string of the molecule is CCOC(=O)CC(=C=O)CCc1ccccc1. The van der Waals surface area contributed by atoms with E-state index in [0.29, 0.717) is 18.6 Å². The van der Waals surface area contributed by atoms with Crippen LogP contribution in [-0.4, -0.2) is 18.5 Å². The molecule has 0 atom stereocenters. The van der Waals surface area contributed by atoms with Crippen molar-refractivity contribution in [1.82, 2.24) is 0 Å². The topological polar surface area (TPSA) is 43.4 Å². The molecular weight excluding hydrogens is 216 g/mol. The monoisotopic (exact) mass is 232 g/mol. The van der Waals surface area contributed by atoms with Crippen LogP contribution in [0.15, 0.2) is 35.9 Å². The van der Waals surface area contributed by atoms with Gasteiger partial charge in [0.2, 0.25) is 0 Å². The predicted molar refractivity (Wildman–Crippen MR) is 65.2 cm³/mol. The molecule has 0 saturated carbocycles. The summed E-state index contributed by atoms with van der Waals surface area (Å²) < 4.78 is 4.79. The molecule has 0 amide bonds. The van der Waals surface area contributed by atoms with Gasteiger partial charge in [0.25, 0.3) is 0 Å². The molecule has 0 saturated heterocycles. The zero-order chi connectivity index (χ0) is 12.5. The zero-order valence-corrected chi connectivity index (χ0v) is 9.94. The third-order valence-electron chi connectivity index (χ3n) is 2.37. The van der Waals surface area contributed by atoms with Gasteiger partial charge in [-0.3, -0.25) is 4.79 Å². The van der Waals surface area contributed by atoms with Crippen LogP contribution >= 0.6 is 0 Å². The van der Waals surface area contributed by atoms with E-state index >= 15 is 0 Å². The van der Waals surface area contributed by atoms with Gasteiger partial charge in [-0.1, -0.05) is 30.3 Å². The summed E-state index contributed by atoms with van der Waals surface area (Å²) in [7, 11) is 0. The van der Waals surface area contributed by atoms with E-state index in [2.05, 4.69) is 0 Å². The van der Waals surface area contributed by atoms with Crippen molar-refractivity contribution in [2.75, 3.05) is 6.61 Å². The first-order valence-electron chi connectivity index (χ1n) is 5.68. The Morgan fingerprint density at radius 1 is 1.29 bits per heavy atom. The summed E-state index contributed by atoms with van der Waals surface area (Å²) in [5.74, 6) is 1.47. The second-order valence-corrected chi connectivity index (χ2v) is 3.67. The highest BCUT2D eigenvalue weighted by atomic mass is 16.5. The quantitative estimate of drug-likeness (QED) is 0.558. The number of carbonyl (C=O) groups excluding carboxylic acids is 2. The van der Waals surface area contributed by atoms with E-state index in [0.717, 1.165) is 12.0 Å².